The highest BCUT2D eigenvalue weighted by molar-refractivity contribution is 5.78. The molecule has 1 aliphatic rings. The molecule has 0 aromatic rings. The van der Waals surface area contributed by atoms with Crippen LogP contribution in [-0.2, 0) is 9.53 Å². The van der Waals surface area contributed by atoms with E-state index in [-0.39, 0.29) is 11.8 Å². The molecule has 4 heteroatoms. The van der Waals surface area contributed by atoms with Crippen LogP contribution in [0.3, 0.4) is 0 Å². The Labute approximate surface area is 137 Å². The monoisotopic (exact) mass is 312 g/mol. The summed E-state index contributed by atoms with van der Waals surface area (Å²) < 4.78 is 5.58. The summed E-state index contributed by atoms with van der Waals surface area (Å²) in [5.74, 6) is 0.287. The van der Waals surface area contributed by atoms with Crippen molar-refractivity contribution in [3.63, 3.8) is 0 Å². The van der Waals surface area contributed by atoms with E-state index in [2.05, 4.69) is 31.1 Å². The average molecular weight is 312 g/mol. The molecule has 4 nitrogen and oxygen atoms in total. The Hall–Kier alpha value is -0.610. The molecule has 0 saturated heterocycles. The highest BCUT2D eigenvalue weighted by atomic mass is 16.5. The van der Waals surface area contributed by atoms with Gasteiger partial charge in [-0.2, -0.15) is 0 Å². The van der Waals surface area contributed by atoms with E-state index in [0.29, 0.717) is 18.2 Å². The quantitative estimate of drug-likeness (QED) is 0.665. The van der Waals surface area contributed by atoms with Crippen LogP contribution >= 0.6 is 0 Å². The number of carbonyl (C=O) groups excluding carboxylic acids is 1. The van der Waals surface area contributed by atoms with Crippen LogP contribution in [0.25, 0.3) is 0 Å². The Kier molecular flexibility index (Phi) is 9.03. The van der Waals surface area contributed by atoms with Gasteiger partial charge in [-0.05, 0) is 66.0 Å². The fourth-order valence-electron chi connectivity index (χ4n) is 2.99. The largest absolute Gasteiger partial charge is 0.379 e. The standard InChI is InChI=1S/C18H36N2O2/c1-14(2)18(21)19-16-8-10-17(11-9-16)20(5)12-6-7-13-22-15(3)4/h14-17H,6-13H2,1-5H3,(H,19,21). The van der Waals surface area contributed by atoms with Crippen molar-refractivity contribution in [2.24, 2.45) is 5.92 Å². The van der Waals surface area contributed by atoms with Gasteiger partial charge in [0.1, 0.15) is 0 Å². The molecule has 0 spiro atoms. The van der Waals surface area contributed by atoms with Gasteiger partial charge < -0.3 is 15.0 Å². The summed E-state index contributed by atoms with van der Waals surface area (Å²) in [6.45, 7) is 10.1. The minimum absolute atomic E-state index is 0.0912. The number of nitrogens with one attached hydrogen (secondary N) is 1. The van der Waals surface area contributed by atoms with E-state index < -0.39 is 0 Å². The molecule has 0 atom stereocenters. The molecule has 1 amide bonds. The Balaban J connectivity index is 2.14. The molecular formula is C18H36N2O2. The summed E-state index contributed by atoms with van der Waals surface area (Å²) in [5.41, 5.74) is 0. The van der Waals surface area contributed by atoms with Gasteiger partial charge in [0.05, 0.1) is 6.10 Å². The Bertz CT molecular complexity index is 310. The summed E-state index contributed by atoms with van der Waals surface area (Å²) >= 11 is 0. The Morgan fingerprint density at radius 2 is 1.77 bits per heavy atom. The van der Waals surface area contributed by atoms with Crippen LogP contribution in [0.2, 0.25) is 0 Å². The summed E-state index contributed by atoms with van der Waals surface area (Å²) in [4.78, 5) is 14.2. The van der Waals surface area contributed by atoms with Crippen LogP contribution in [0, 0.1) is 5.92 Å². The molecule has 130 valence electrons. The van der Waals surface area contributed by atoms with Crippen molar-refractivity contribution in [1.82, 2.24) is 10.2 Å². The normalized spacial score (nSPS) is 22.5. The number of ether oxygens (including phenoxy) is 1. The first-order valence-corrected chi connectivity index (χ1v) is 9.02. The van der Waals surface area contributed by atoms with Crippen LogP contribution < -0.4 is 5.32 Å². The third kappa shape index (κ3) is 7.59. The second-order valence-corrected chi connectivity index (χ2v) is 7.28. The van der Waals surface area contributed by atoms with E-state index in [1.165, 1.54) is 19.3 Å². The predicted molar refractivity (Wildman–Crippen MR) is 92.0 cm³/mol. The van der Waals surface area contributed by atoms with Crippen LogP contribution in [-0.4, -0.2) is 49.2 Å². The summed E-state index contributed by atoms with van der Waals surface area (Å²) in [7, 11) is 2.24. The van der Waals surface area contributed by atoms with E-state index in [4.69, 9.17) is 4.74 Å². The van der Waals surface area contributed by atoms with E-state index in [1.807, 2.05) is 13.8 Å². The van der Waals surface area contributed by atoms with Gasteiger partial charge in [-0.15, -0.1) is 0 Å². The molecule has 0 aromatic heterocycles. The molecule has 0 aliphatic heterocycles. The van der Waals surface area contributed by atoms with Gasteiger partial charge in [0.2, 0.25) is 5.91 Å². The van der Waals surface area contributed by atoms with E-state index >= 15 is 0 Å². The second-order valence-electron chi connectivity index (χ2n) is 7.28. The lowest BCUT2D eigenvalue weighted by atomic mass is 9.90. The maximum absolute atomic E-state index is 11.7. The van der Waals surface area contributed by atoms with Gasteiger partial charge in [0.25, 0.3) is 0 Å². The lowest BCUT2D eigenvalue weighted by Crippen LogP contribution is -2.44. The van der Waals surface area contributed by atoms with Crippen LogP contribution in [0.5, 0.6) is 0 Å². The zero-order valence-corrected chi connectivity index (χ0v) is 15.2. The fourth-order valence-corrected chi connectivity index (χ4v) is 2.99. The maximum Gasteiger partial charge on any atom is 0.222 e. The second kappa shape index (κ2) is 10.2. The minimum Gasteiger partial charge on any atom is -0.379 e. The van der Waals surface area contributed by atoms with Gasteiger partial charge in [0, 0.05) is 24.6 Å². The lowest BCUT2D eigenvalue weighted by Gasteiger charge is -2.35. The molecule has 1 aliphatic carbocycles. The zero-order valence-electron chi connectivity index (χ0n) is 15.2. The maximum atomic E-state index is 11.7. The van der Waals surface area contributed by atoms with Crippen LogP contribution in [0.4, 0.5) is 0 Å². The van der Waals surface area contributed by atoms with Crippen molar-refractivity contribution in [2.45, 2.75) is 84.4 Å². The van der Waals surface area contributed by atoms with Gasteiger partial charge >= 0.3 is 0 Å². The molecule has 0 unspecified atom stereocenters. The topological polar surface area (TPSA) is 41.6 Å². The number of nitrogens with zero attached hydrogens (tertiary/aromatic N) is 1. The first-order valence-electron chi connectivity index (χ1n) is 9.02. The number of hydrogen-bond donors (Lipinski definition) is 1. The minimum atomic E-state index is 0.0912. The third-order valence-electron chi connectivity index (χ3n) is 4.55. The van der Waals surface area contributed by atoms with Gasteiger partial charge in [0.15, 0.2) is 0 Å². The Morgan fingerprint density at radius 3 is 2.32 bits per heavy atom. The number of amides is 1. The van der Waals surface area contributed by atoms with Crippen LogP contribution in [0.1, 0.15) is 66.2 Å². The van der Waals surface area contributed by atoms with E-state index in [9.17, 15) is 4.79 Å². The molecule has 1 fully saturated rings. The zero-order chi connectivity index (χ0) is 16.5. The smallest absolute Gasteiger partial charge is 0.222 e. The molecule has 0 aromatic carbocycles. The molecule has 1 saturated carbocycles. The molecule has 0 radical (unpaired) electrons. The van der Waals surface area contributed by atoms with E-state index in [1.54, 1.807) is 0 Å². The van der Waals surface area contributed by atoms with Crippen molar-refractivity contribution in [3.8, 4) is 0 Å². The van der Waals surface area contributed by atoms with Crippen LogP contribution in [0.15, 0.2) is 0 Å². The average Bonchev–Trinajstić information content (AvgIpc) is 2.47. The summed E-state index contributed by atoms with van der Waals surface area (Å²) in [6, 6.07) is 1.07. The first-order chi connectivity index (χ1) is 10.4. The van der Waals surface area contributed by atoms with Gasteiger partial charge in [-0.3, -0.25) is 4.79 Å². The van der Waals surface area contributed by atoms with Crippen molar-refractivity contribution >= 4 is 5.91 Å². The van der Waals surface area contributed by atoms with Crippen molar-refractivity contribution in [3.05, 3.63) is 0 Å². The van der Waals surface area contributed by atoms with Crippen molar-refractivity contribution in [1.29, 1.82) is 0 Å². The SMILES string of the molecule is CC(C)OCCCCN(C)C1CCC(NC(=O)C(C)C)CC1. The lowest BCUT2D eigenvalue weighted by molar-refractivity contribution is -0.125. The molecule has 0 bridgehead atoms. The van der Waals surface area contributed by atoms with Gasteiger partial charge in [-0.25, -0.2) is 0 Å². The molecule has 22 heavy (non-hydrogen) atoms. The third-order valence-corrected chi connectivity index (χ3v) is 4.55. The number of hydrogen-bond acceptors (Lipinski definition) is 3. The summed E-state index contributed by atoms with van der Waals surface area (Å²) in [5, 5.41) is 3.17. The van der Waals surface area contributed by atoms with E-state index in [0.717, 1.165) is 32.4 Å². The molecular weight excluding hydrogens is 276 g/mol. The first kappa shape index (κ1) is 19.4. The predicted octanol–water partition coefficient (Wildman–Crippen LogP) is 3.21. The molecule has 0 heterocycles. The number of rotatable bonds is 9. The highest BCUT2D eigenvalue weighted by Crippen LogP contribution is 2.23. The molecule has 1 rings (SSSR count). The van der Waals surface area contributed by atoms with Crippen molar-refractivity contribution in [2.75, 3.05) is 20.2 Å². The Morgan fingerprint density at radius 1 is 1.14 bits per heavy atom. The highest BCUT2D eigenvalue weighted by Gasteiger charge is 2.25. The molecule has 1 N–H and O–H groups in total. The summed E-state index contributed by atoms with van der Waals surface area (Å²) in [6.07, 6.45) is 7.31. The fraction of sp³-hybridized carbons (Fsp3) is 0.944. The number of unbranched alkanes of at least 4 members (excludes halogenated alkanes) is 1. The number of carbonyl (C=O) groups is 1. The van der Waals surface area contributed by atoms with Crippen molar-refractivity contribution < 1.29 is 9.53 Å². The van der Waals surface area contributed by atoms with Gasteiger partial charge in [-0.1, -0.05) is 13.8 Å².